The van der Waals surface area contributed by atoms with Gasteiger partial charge in [0.05, 0.1) is 27.3 Å². The molecule has 0 bridgehead atoms. The zero-order valence-electron chi connectivity index (χ0n) is 10.7. The number of aromatic nitrogens is 2. The number of imidazole rings is 1. The summed E-state index contributed by atoms with van der Waals surface area (Å²) in [4.78, 5) is 6.86. The van der Waals surface area contributed by atoms with Crippen LogP contribution in [0.4, 0.5) is 11.4 Å². The summed E-state index contributed by atoms with van der Waals surface area (Å²) in [6, 6.07) is 9.04. The Hall–Kier alpha value is -2.25. The Morgan fingerprint density at radius 2 is 1.81 bits per heavy atom. The molecule has 0 saturated carbocycles. The van der Waals surface area contributed by atoms with Crippen LogP contribution in [0, 0.1) is 0 Å². The van der Waals surface area contributed by atoms with Gasteiger partial charge in [0, 0.05) is 5.02 Å². The zero-order valence-corrected chi connectivity index (χ0v) is 12.2. The lowest BCUT2D eigenvalue weighted by Crippen LogP contribution is -2.05. The molecular weight excluding hydrogens is 312 g/mol. The van der Waals surface area contributed by atoms with Crippen LogP contribution in [0.25, 0.3) is 11.0 Å². The van der Waals surface area contributed by atoms with Crippen LogP contribution in [0.15, 0.2) is 46.5 Å². The number of H-pyrrole nitrogens is 1. The lowest BCUT2D eigenvalue weighted by atomic mass is 10.3. The zero-order chi connectivity index (χ0) is 15.2. The molecule has 0 aliphatic rings. The van der Waals surface area contributed by atoms with Crippen molar-refractivity contribution >= 4 is 43.8 Å². The second-order valence-corrected chi connectivity index (χ2v) is 6.80. The van der Waals surface area contributed by atoms with Gasteiger partial charge in [-0.15, -0.1) is 0 Å². The van der Waals surface area contributed by atoms with Crippen molar-refractivity contribution in [2.24, 2.45) is 0 Å². The van der Waals surface area contributed by atoms with Crippen LogP contribution in [0.5, 0.6) is 0 Å². The number of halogens is 1. The second kappa shape index (κ2) is 4.64. The van der Waals surface area contributed by atoms with Crippen molar-refractivity contribution in [3.8, 4) is 0 Å². The normalized spacial score (nSPS) is 11.9. The molecule has 0 spiro atoms. The molecule has 3 rings (SSSR count). The fraction of sp³-hybridized carbons (Fsp3) is 0. The Balaban J connectivity index is 2.17. The molecule has 0 unspecified atom stereocenters. The topological polar surface area (TPSA) is 115 Å². The van der Waals surface area contributed by atoms with Crippen LogP contribution < -0.4 is 11.5 Å². The lowest BCUT2D eigenvalue weighted by Gasteiger charge is -2.04. The number of nitrogens with zero attached hydrogens (tertiary/aromatic N) is 1. The van der Waals surface area contributed by atoms with Crippen LogP contribution in [0.3, 0.4) is 0 Å². The quantitative estimate of drug-likeness (QED) is 0.626. The van der Waals surface area contributed by atoms with Gasteiger partial charge in [-0.05, 0) is 36.4 Å². The highest BCUT2D eigenvalue weighted by atomic mass is 35.5. The maximum Gasteiger partial charge on any atom is 0.240 e. The van der Waals surface area contributed by atoms with E-state index in [-0.39, 0.29) is 15.7 Å². The van der Waals surface area contributed by atoms with Gasteiger partial charge in [-0.25, -0.2) is 13.4 Å². The summed E-state index contributed by atoms with van der Waals surface area (Å²) in [5.41, 5.74) is 12.8. The Bertz CT molecular complexity index is 950. The van der Waals surface area contributed by atoms with Crippen LogP contribution in [0.2, 0.25) is 5.02 Å². The Kier molecular flexibility index (Phi) is 3.03. The van der Waals surface area contributed by atoms with E-state index < -0.39 is 9.84 Å². The number of nitrogens with two attached hydrogens (primary N) is 2. The smallest absolute Gasteiger partial charge is 0.240 e. The maximum atomic E-state index is 12.5. The molecule has 3 aromatic rings. The summed E-state index contributed by atoms with van der Waals surface area (Å²) in [5.74, 6) is 0. The lowest BCUT2D eigenvalue weighted by molar-refractivity contribution is 0.589. The maximum absolute atomic E-state index is 12.5. The number of sulfone groups is 1. The number of hydrogen-bond donors (Lipinski definition) is 3. The molecule has 2 aromatic carbocycles. The van der Waals surface area contributed by atoms with Gasteiger partial charge in [-0.2, -0.15) is 0 Å². The first kappa shape index (κ1) is 13.7. The van der Waals surface area contributed by atoms with E-state index in [0.29, 0.717) is 21.7 Å². The predicted octanol–water partition coefficient (Wildman–Crippen LogP) is 2.21. The number of nitrogens with one attached hydrogen (secondary N) is 1. The van der Waals surface area contributed by atoms with Gasteiger partial charge in [0.25, 0.3) is 0 Å². The number of anilines is 2. The number of hydrogen-bond acceptors (Lipinski definition) is 5. The van der Waals surface area contributed by atoms with Gasteiger partial charge >= 0.3 is 0 Å². The van der Waals surface area contributed by atoms with E-state index in [0.717, 1.165) is 0 Å². The largest absolute Gasteiger partial charge is 0.397 e. The number of aromatic amines is 1. The van der Waals surface area contributed by atoms with Gasteiger partial charge in [0.1, 0.15) is 0 Å². The molecule has 0 amide bonds. The summed E-state index contributed by atoms with van der Waals surface area (Å²) < 4.78 is 25.1. The minimum atomic E-state index is -3.80. The first-order chi connectivity index (χ1) is 9.88. The van der Waals surface area contributed by atoms with E-state index in [1.165, 1.54) is 18.2 Å². The van der Waals surface area contributed by atoms with E-state index in [4.69, 9.17) is 23.1 Å². The van der Waals surface area contributed by atoms with E-state index in [2.05, 4.69) is 9.97 Å². The molecule has 6 nitrogen and oxygen atoms in total. The highest BCUT2D eigenvalue weighted by molar-refractivity contribution is 7.91. The third kappa shape index (κ3) is 2.30. The monoisotopic (exact) mass is 322 g/mol. The highest BCUT2D eigenvalue weighted by Gasteiger charge is 2.22. The molecule has 108 valence electrons. The SMILES string of the molecule is Nc1ccc(S(=O)(=O)c2nc3ccc(Cl)cc3[nH]2)cc1N. The highest BCUT2D eigenvalue weighted by Crippen LogP contribution is 2.26. The van der Waals surface area contributed by atoms with E-state index >= 15 is 0 Å². The number of rotatable bonds is 2. The van der Waals surface area contributed by atoms with Crippen molar-refractivity contribution in [1.82, 2.24) is 9.97 Å². The minimum Gasteiger partial charge on any atom is -0.397 e. The van der Waals surface area contributed by atoms with Crippen molar-refractivity contribution in [3.63, 3.8) is 0 Å². The van der Waals surface area contributed by atoms with Crippen molar-refractivity contribution in [3.05, 3.63) is 41.4 Å². The molecule has 0 aliphatic carbocycles. The Morgan fingerprint density at radius 3 is 2.52 bits per heavy atom. The summed E-state index contributed by atoms with van der Waals surface area (Å²) >= 11 is 5.87. The van der Waals surface area contributed by atoms with Gasteiger partial charge < -0.3 is 16.5 Å². The number of benzene rings is 2. The summed E-state index contributed by atoms with van der Waals surface area (Å²) in [6.45, 7) is 0. The predicted molar refractivity (Wildman–Crippen MR) is 81.8 cm³/mol. The molecule has 1 heterocycles. The van der Waals surface area contributed by atoms with Crippen LogP contribution >= 0.6 is 11.6 Å². The van der Waals surface area contributed by atoms with Crippen LogP contribution in [-0.4, -0.2) is 18.4 Å². The average molecular weight is 323 g/mol. The number of fused-ring (bicyclic) bond motifs is 1. The fourth-order valence-corrected chi connectivity index (χ4v) is 3.30. The third-order valence-corrected chi connectivity index (χ3v) is 4.86. The van der Waals surface area contributed by atoms with E-state index in [9.17, 15) is 8.42 Å². The fourth-order valence-electron chi connectivity index (χ4n) is 1.92. The Labute approximate surface area is 125 Å². The van der Waals surface area contributed by atoms with Crippen LogP contribution in [0.1, 0.15) is 0 Å². The molecule has 0 atom stereocenters. The molecular formula is C13H11ClN4O2S. The second-order valence-electron chi connectivity index (χ2n) is 4.50. The van der Waals surface area contributed by atoms with Gasteiger partial charge in [0.2, 0.25) is 15.0 Å². The molecule has 0 aliphatic heterocycles. The van der Waals surface area contributed by atoms with Crippen LogP contribution in [-0.2, 0) is 9.84 Å². The molecule has 8 heteroatoms. The van der Waals surface area contributed by atoms with Crippen molar-refractivity contribution in [2.75, 3.05) is 11.5 Å². The Morgan fingerprint density at radius 1 is 1.05 bits per heavy atom. The molecule has 5 N–H and O–H groups in total. The average Bonchev–Trinajstić information content (AvgIpc) is 2.85. The summed E-state index contributed by atoms with van der Waals surface area (Å²) in [7, 11) is -3.80. The van der Waals surface area contributed by atoms with Gasteiger partial charge in [-0.1, -0.05) is 11.6 Å². The summed E-state index contributed by atoms with van der Waals surface area (Å²) in [5, 5.41) is 0.329. The first-order valence-corrected chi connectivity index (χ1v) is 7.79. The van der Waals surface area contributed by atoms with Gasteiger partial charge in [-0.3, -0.25) is 0 Å². The van der Waals surface area contributed by atoms with E-state index in [1.807, 2.05) is 0 Å². The van der Waals surface area contributed by atoms with Crippen molar-refractivity contribution < 1.29 is 8.42 Å². The van der Waals surface area contributed by atoms with Crippen molar-refractivity contribution in [2.45, 2.75) is 10.1 Å². The number of nitrogen functional groups attached to an aromatic ring is 2. The standard InChI is InChI=1S/C13H11ClN4O2S/c14-7-1-4-11-12(5-7)18-13(17-11)21(19,20)8-2-3-9(15)10(16)6-8/h1-6H,15-16H2,(H,17,18). The summed E-state index contributed by atoms with van der Waals surface area (Å²) in [6.07, 6.45) is 0. The molecule has 21 heavy (non-hydrogen) atoms. The van der Waals surface area contributed by atoms with E-state index in [1.54, 1.807) is 18.2 Å². The van der Waals surface area contributed by atoms with Crippen molar-refractivity contribution in [1.29, 1.82) is 0 Å². The third-order valence-electron chi connectivity index (χ3n) is 3.05. The molecule has 0 saturated heterocycles. The first-order valence-electron chi connectivity index (χ1n) is 5.93. The molecule has 0 fully saturated rings. The molecule has 0 radical (unpaired) electrons. The molecule has 1 aromatic heterocycles. The minimum absolute atomic E-state index is 0.0272. The van der Waals surface area contributed by atoms with Gasteiger partial charge in [0.15, 0.2) is 0 Å².